The normalized spacial score (nSPS) is 19.8. The molecule has 0 spiro atoms. The number of para-hydroxylation sites is 1. The van der Waals surface area contributed by atoms with Crippen molar-refractivity contribution in [3.05, 3.63) is 59.9 Å². The number of likely N-dealkylation sites (tertiary alicyclic amines) is 1. The first-order valence-electron chi connectivity index (χ1n) is 8.87. The van der Waals surface area contributed by atoms with E-state index in [1.807, 2.05) is 35.2 Å². The van der Waals surface area contributed by atoms with Gasteiger partial charge in [-0.1, -0.05) is 18.2 Å². The Hall–Kier alpha value is -2.69. The maximum atomic E-state index is 12.9. The second-order valence-corrected chi connectivity index (χ2v) is 6.61. The summed E-state index contributed by atoms with van der Waals surface area (Å²) in [6.45, 7) is 1.64. The van der Waals surface area contributed by atoms with Gasteiger partial charge in [-0.3, -0.25) is 19.5 Å². The number of fused-ring (bicyclic) bond motifs is 1. The van der Waals surface area contributed by atoms with Gasteiger partial charge in [0.1, 0.15) is 0 Å². The molecule has 0 N–H and O–H groups in total. The molecule has 0 unspecified atom stereocenters. The molecular formula is C20H21N3O2. The van der Waals surface area contributed by atoms with Crippen molar-refractivity contribution in [3.63, 3.8) is 0 Å². The second kappa shape index (κ2) is 6.67. The molecule has 2 amide bonds. The van der Waals surface area contributed by atoms with Crippen LogP contribution in [-0.2, 0) is 4.79 Å². The number of amides is 2. The number of aromatic nitrogens is 1. The van der Waals surface area contributed by atoms with Crippen LogP contribution in [0.4, 0.5) is 5.69 Å². The summed E-state index contributed by atoms with van der Waals surface area (Å²) in [6, 6.07) is 12.8. The summed E-state index contributed by atoms with van der Waals surface area (Å²) >= 11 is 0. The fourth-order valence-corrected chi connectivity index (χ4v) is 3.77. The third-order valence-corrected chi connectivity index (χ3v) is 5.03. The minimum absolute atomic E-state index is 0.0780. The molecule has 1 aromatic heterocycles. The summed E-state index contributed by atoms with van der Waals surface area (Å²) in [7, 11) is 0. The molecule has 3 heterocycles. The Morgan fingerprint density at radius 2 is 1.80 bits per heavy atom. The van der Waals surface area contributed by atoms with Gasteiger partial charge >= 0.3 is 0 Å². The average molecular weight is 335 g/mol. The van der Waals surface area contributed by atoms with Crippen molar-refractivity contribution >= 4 is 17.5 Å². The molecule has 1 atom stereocenters. The summed E-state index contributed by atoms with van der Waals surface area (Å²) in [5.74, 6) is 0.0303. The topological polar surface area (TPSA) is 53.5 Å². The van der Waals surface area contributed by atoms with Crippen molar-refractivity contribution in [1.29, 1.82) is 0 Å². The smallest absolute Gasteiger partial charge is 0.260 e. The van der Waals surface area contributed by atoms with Gasteiger partial charge in [0.15, 0.2) is 0 Å². The van der Waals surface area contributed by atoms with Crippen molar-refractivity contribution in [2.24, 2.45) is 0 Å². The molecule has 25 heavy (non-hydrogen) atoms. The van der Waals surface area contributed by atoms with E-state index in [2.05, 4.69) is 4.98 Å². The minimum Gasteiger partial charge on any atom is -0.343 e. The number of anilines is 1. The van der Waals surface area contributed by atoms with Crippen LogP contribution in [0, 0.1) is 0 Å². The molecule has 4 rings (SSSR count). The number of hydrogen-bond acceptors (Lipinski definition) is 3. The molecule has 0 radical (unpaired) electrons. The third-order valence-electron chi connectivity index (χ3n) is 5.03. The highest BCUT2D eigenvalue weighted by molar-refractivity contribution is 6.11. The first-order valence-corrected chi connectivity index (χ1v) is 8.87. The molecule has 1 saturated heterocycles. The first kappa shape index (κ1) is 15.8. The molecule has 128 valence electrons. The van der Waals surface area contributed by atoms with Crippen LogP contribution in [-0.4, -0.2) is 34.8 Å². The zero-order valence-electron chi connectivity index (χ0n) is 14.1. The predicted molar refractivity (Wildman–Crippen MR) is 95.3 cm³/mol. The number of pyridine rings is 1. The average Bonchev–Trinajstić information content (AvgIpc) is 2.95. The Kier molecular flexibility index (Phi) is 4.22. The van der Waals surface area contributed by atoms with E-state index in [1.54, 1.807) is 23.2 Å². The largest absolute Gasteiger partial charge is 0.343 e. The Balaban J connectivity index is 1.66. The minimum atomic E-state index is -0.333. The summed E-state index contributed by atoms with van der Waals surface area (Å²) in [6.07, 6.45) is 5.29. The van der Waals surface area contributed by atoms with Crippen LogP contribution < -0.4 is 4.90 Å². The lowest BCUT2D eigenvalue weighted by Gasteiger charge is -2.30. The van der Waals surface area contributed by atoms with E-state index in [-0.39, 0.29) is 24.3 Å². The van der Waals surface area contributed by atoms with E-state index in [1.165, 1.54) is 6.42 Å². The van der Waals surface area contributed by atoms with Crippen LogP contribution in [0.1, 0.15) is 47.8 Å². The van der Waals surface area contributed by atoms with Gasteiger partial charge in [0, 0.05) is 25.0 Å². The zero-order valence-corrected chi connectivity index (χ0v) is 14.1. The summed E-state index contributed by atoms with van der Waals surface area (Å²) in [5, 5.41) is 0. The molecule has 2 aliphatic rings. The number of carbonyl (C=O) groups excluding carboxylic acids is 2. The number of benzene rings is 1. The van der Waals surface area contributed by atoms with Crippen LogP contribution in [0.5, 0.6) is 0 Å². The van der Waals surface area contributed by atoms with E-state index in [4.69, 9.17) is 0 Å². The number of rotatable bonds is 3. The van der Waals surface area contributed by atoms with Gasteiger partial charge in [-0.15, -0.1) is 0 Å². The van der Waals surface area contributed by atoms with Crippen molar-refractivity contribution < 1.29 is 9.59 Å². The molecule has 1 aromatic carbocycles. The molecular weight excluding hydrogens is 314 g/mol. The Bertz CT molecular complexity index is 785. The van der Waals surface area contributed by atoms with E-state index in [9.17, 15) is 9.59 Å². The van der Waals surface area contributed by atoms with Crippen LogP contribution in [0.3, 0.4) is 0 Å². The van der Waals surface area contributed by atoms with Crippen LogP contribution >= 0.6 is 0 Å². The Morgan fingerprint density at radius 1 is 1.04 bits per heavy atom. The number of nitrogens with zero attached hydrogens (tertiary/aromatic N) is 3. The van der Waals surface area contributed by atoms with Gasteiger partial charge < -0.3 is 4.90 Å². The highest BCUT2D eigenvalue weighted by atomic mass is 16.2. The van der Waals surface area contributed by atoms with Crippen LogP contribution in [0.2, 0.25) is 0 Å². The van der Waals surface area contributed by atoms with E-state index in [0.717, 1.165) is 31.6 Å². The lowest BCUT2D eigenvalue weighted by molar-refractivity contribution is -0.132. The van der Waals surface area contributed by atoms with Gasteiger partial charge in [-0.05, 0) is 43.5 Å². The molecule has 5 nitrogen and oxygen atoms in total. The number of hydrogen-bond donors (Lipinski definition) is 0. The lowest BCUT2D eigenvalue weighted by atomic mass is 10.1. The predicted octanol–water partition coefficient (Wildman–Crippen LogP) is 3.19. The lowest BCUT2D eigenvalue weighted by Crippen LogP contribution is -2.38. The Morgan fingerprint density at radius 3 is 2.56 bits per heavy atom. The van der Waals surface area contributed by atoms with E-state index in [0.29, 0.717) is 11.3 Å². The maximum Gasteiger partial charge on any atom is 0.260 e. The van der Waals surface area contributed by atoms with E-state index < -0.39 is 0 Å². The van der Waals surface area contributed by atoms with Gasteiger partial charge in [0.25, 0.3) is 5.91 Å². The summed E-state index contributed by atoms with van der Waals surface area (Å²) in [5.41, 5.74) is 2.12. The SMILES string of the molecule is O=C(C[C@@H]1c2ncccc2C(=O)N1c1ccccc1)N1CCCCC1. The highest BCUT2D eigenvalue weighted by Crippen LogP contribution is 2.38. The fraction of sp³-hybridized carbons (Fsp3) is 0.350. The first-order chi connectivity index (χ1) is 12.3. The number of piperidine rings is 1. The van der Waals surface area contributed by atoms with Gasteiger partial charge in [-0.2, -0.15) is 0 Å². The van der Waals surface area contributed by atoms with Gasteiger partial charge in [0.2, 0.25) is 5.91 Å². The standard InChI is InChI=1S/C20H21N3O2/c24-18(22-12-5-2-6-13-22)14-17-19-16(10-7-11-21-19)20(25)23(17)15-8-3-1-4-9-15/h1,3-4,7-11,17H,2,5-6,12-14H2/t17-/m1/s1. The van der Waals surface area contributed by atoms with E-state index >= 15 is 0 Å². The maximum absolute atomic E-state index is 12.9. The molecule has 2 aromatic rings. The molecule has 5 heteroatoms. The van der Waals surface area contributed by atoms with Crippen LogP contribution in [0.25, 0.3) is 0 Å². The van der Waals surface area contributed by atoms with Gasteiger partial charge in [0.05, 0.1) is 23.7 Å². The fourth-order valence-electron chi connectivity index (χ4n) is 3.77. The Labute approximate surface area is 147 Å². The molecule has 0 saturated carbocycles. The molecule has 1 fully saturated rings. The quantitative estimate of drug-likeness (QED) is 0.865. The summed E-state index contributed by atoms with van der Waals surface area (Å²) in [4.78, 5) is 33.8. The third kappa shape index (κ3) is 2.90. The molecule has 2 aliphatic heterocycles. The monoisotopic (exact) mass is 335 g/mol. The highest BCUT2D eigenvalue weighted by Gasteiger charge is 2.40. The summed E-state index contributed by atoms with van der Waals surface area (Å²) < 4.78 is 0. The van der Waals surface area contributed by atoms with Crippen molar-refractivity contribution in [1.82, 2.24) is 9.88 Å². The zero-order chi connectivity index (χ0) is 17.2. The van der Waals surface area contributed by atoms with Crippen molar-refractivity contribution in [2.45, 2.75) is 31.7 Å². The molecule has 0 bridgehead atoms. The molecule has 0 aliphatic carbocycles. The second-order valence-electron chi connectivity index (χ2n) is 6.61. The van der Waals surface area contributed by atoms with Crippen molar-refractivity contribution in [3.8, 4) is 0 Å². The van der Waals surface area contributed by atoms with Crippen molar-refractivity contribution in [2.75, 3.05) is 18.0 Å². The van der Waals surface area contributed by atoms with Crippen LogP contribution in [0.15, 0.2) is 48.7 Å². The van der Waals surface area contributed by atoms with Gasteiger partial charge in [-0.25, -0.2) is 0 Å². The number of carbonyl (C=O) groups is 2.